The summed E-state index contributed by atoms with van der Waals surface area (Å²) in [6, 6.07) is 4.51. The third-order valence-electron chi connectivity index (χ3n) is 3.98. The topological polar surface area (TPSA) is 104 Å². The molecule has 2 heterocycles. The van der Waals surface area contributed by atoms with Crippen molar-refractivity contribution < 1.29 is 18.7 Å². The third-order valence-corrected chi connectivity index (χ3v) is 3.98. The van der Waals surface area contributed by atoms with Crippen LogP contribution in [0.5, 0.6) is 0 Å². The SMILES string of the molecule is CC(=O)N(N)C[C@H]1CN(c2ccc(N3C=NNCC3)c(F)c2)C(=O)O1. The Morgan fingerprint density at radius 2 is 2.36 bits per heavy atom. The van der Waals surface area contributed by atoms with Crippen LogP contribution < -0.4 is 21.1 Å². The van der Waals surface area contributed by atoms with Gasteiger partial charge in [-0.15, -0.1) is 0 Å². The highest BCUT2D eigenvalue weighted by Crippen LogP contribution is 2.27. The van der Waals surface area contributed by atoms with Crippen molar-refractivity contribution in [3.8, 4) is 0 Å². The molecule has 0 radical (unpaired) electrons. The van der Waals surface area contributed by atoms with Gasteiger partial charge in [0.05, 0.1) is 31.0 Å². The van der Waals surface area contributed by atoms with E-state index >= 15 is 0 Å². The van der Waals surface area contributed by atoms with Gasteiger partial charge in [-0.1, -0.05) is 0 Å². The summed E-state index contributed by atoms with van der Waals surface area (Å²) in [5.41, 5.74) is 3.55. The number of nitrogens with two attached hydrogens (primary N) is 1. The van der Waals surface area contributed by atoms with Gasteiger partial charge in [-0.25, -0.2) is 15.0 Å². The molecule has 0 unspecified atom stereocenters. The van der Waals surface area contributed by atoms with Crippen molar-refractivity contribution in [3.05, 3.63) is 24.0 Å². The molecule has 0 saturated carbocycles. The molecule has 2 amide bonds. The van der Waals surface area contributed by atoms with Crippen LogP contribution in [0.15, 0.2) is 23.3 Å². The first-order valence-electron chi connectivity index (χ1n) is 7.79. The minimum Gasteiger partial charge on any atom is -0.442 e. The lowest BCUT2D eigenvalue weighted by atomic mass is 10.2. The molecule has 0 aliphatic carbocycles. The number of hydrazone groups is 1. The van der Waals surface area contributed by atoms with Gasteiger partial charge in [-0.05, 0) is 18.2 Å². The van der Waals surface area contributed by atoms with E-state index in [9.17, 15) is 14.0 Å². The molecule has 1 aromatic rings. The lowest BCUT2D eigenvalue weighted by Gasteiger charge is -2.24. The first-order chi connectivity index (χ1) is 12.0. The van der Waals surface area contributed by atoms with Gasteiger partial charge in [0.25, 0.3) is 0 Å². The Kier molecular flexibility index (Phi) is 4.70. The maximum absolute atomic E-state index is 14.5. The van der Waals surface area contributed by atoms with Crippen molar-refractivity contribution in [2.45, 2.75) is 13.0 Å². The fourth-order valence-electron chi connectivity index (χ4n) is 2.66. The Bertz CT molecular complexity index is 713. The second-order valence-electron chi connectivity index (χ2n) is 5.77. The number of nitrogens with zero attached hydrogens (tertiary/aromatic N) is 4. The van der Waals surface area contributed by atoms with Crippen LogP contribution in [0.4, 0.5) is 20.6 Å². The number of rotatable bonds is 4. The molecule has 25 heavy (non-hydrogen) atoms. The van der Waals surface area contributed by atoms with Crippen molar-refractivity contribution in [2.24, 2.45) is 10.9 Å². The zero-order valence-electron chi connectivity index (χ0n) is 13.7. The molecule has 1 atom stereocenters. The van der Waals surface area contributed by atoms with E-state index in [1.54, 1.807) is 17.0 Å². The summed E-state index contributed by atoms with van der Waals surface area (Å²) in [5.74, 6) is 4.75. The first-order valence-corrected chi connectivity index (χ1v) is 7.79. The number of carbonyl (C=O) groups excluding carboxylic acids is 2. The summed E-state index contributed by atoms with van der Waals surface area (Å²) in [5, 5.41) is 4.88. The van der Waals surface area contributed by atoms with Gasteiger partial charge >= 0.3 is 6.09 Å². The van der Waals surface area contributed by atoms with E-state index in [0.29, 0.717) is 24.5 Å². The molecule has 3 rings (SSSR count). The van der Waals surface area contributed by atoms with Crippen molar-refractivity contribution in [1.29, 1.82) is 0 Å². The smallest absolute Gasteiger partial charge is 0.414 e. The molecule has 1 saturated heterocycles. The van der Waals surface area contributed by atoms with E-state index in [0.717, 1.165) is 5.01 Å². The van der Waals surface area contributed by atoms with Crippen LogP contribution in [-0.4, -0.2) is 55.6 Å². The number of halogens is 1. The van der Waals surface area contributed by atoms with Crippen LogP contribution in [0.1, 0.15) is 6.92 Å². The third kappa shape index (κ3) is 3.63. The predicted molar refractivity (Wildman–Crippen MR) is 89.4 cm³/mol. The molecule has 3 N–H and O–H groups in total. The molecular formula is C15H19FN6O3. The maximum Gasteiger partial charge on any atom is 0.414 e. The van der Waals surface area contributed by atoms with Crippen molar-refractivity contribution in [2.75, 3.05) is 36.0 Å². The van der Waals surface area contributed by atoms with Gasteiger partial charge in [0.15, 0.2) is 0 Å². The lowest BCUT2D eigenvalue weighted by Crippen LogP contribution is -2.42. The van der Waals surface area contributed by atoms with Crippen LogP contribution >= 0.6 is 0 Å². The van der Waals surface area contributed by atoms with E-state index in [1.807, 2.05) is 0 Å². The van der Waals surface area contributed by atoms with Gasteiger partial charge in [-0.2, -0.15) is 5.10 Å². The average Bonchev–Trinajstić information content (AvgIpc) is 2.95. The largest absolute Gasteiger partial charge is 0.442 e. The number of carbonyl (C=O) groups is 2. The number of cyclic esters (lactones) is 1. The molecule has 0 aromatic heterocycles. The van der Waals surface area contributed by atoms with Crippen LogP contribution in [0.2, 0.25) is 0 Å². The second-order valence-corrected chi connectivity index (χ2v) is 5.77. The van der Waals surface area contributed by atoms with E-state index in [2.05, 4.69) is 10.5 Å². The summed E-state index contributed by atoms with van der Waals surface area (Å²) in [6.45, 7) is 2.79. The van der Waals surface area contributed by atoms with E-state index in [1.165, 1.54) is 24.2 Å². The van der Waals surface area contributed by atoms with Crippen LogP contribution in [0, 0.1) is 5.82 Å². The summed E-state index contributed by atoms with van der Waals surface area (Å²) < 4.78 is 19.6. The van der Waals surface area contributed by atoms with E-state index < -0.39 is 18.0 Å². The normalized spacial score (nSPS) is 19.6. The monoisotopic (exact) mass is 350 g/mol. The highest BCUT2D eigenvalue weighted by Gasteiger charge is 2.34. The molecule has 10 heteroatoms. The number of amides is 2. The highest BCUT2D eigenvalue weighted by atomic mass is 19.1. The molecule has 1 aromatic carbocycles. The van der Waals surface area contributed by atoms with Crippen LogP contribution in [0.25, 0.3) is 0 Å². The molecular weight excluding hydrogens is 331 g/mol. The average molecular weight is 350 g/mol. The number of hydrazine groups is 1. The van der Waals surface area contributed by atoms with Gasteiger partial charge in [0.1, 0.15) is 18.3 Å². The van der Waals surface area contributed by atoms with Gasteiger partial charge in [0.2, 0.25) is 5.91 Å². The van der Waals surface area contributed by atoms with E-state index in [4.69, 9.17) is 10.6 Å². The Labute approximate surface area is 143 Å². The molecule has 0 bridgehead atoms. The second kappa shape index (κ2) is 6.93. The summed E-state index contributed by atoms with van der Waals surface area (Å²) in [4.78, 5) is 26.2. The lowest BCUT2D eigenvalue weighted by molar-refractivity contribution is -0.130. The predicted octanol–water partition coefficient (Wildman–Crippen LogP) is 0.226. The molecule has 0 spiro atoms. The van der Waals surface area contributed by atoms with Crippen LogP contribution in [0.3, 0.4) is 0 Å². The number of benzene rings is 1. The fraction of sp³-hybridized carbons (Fsp3) is 0.400. The molecule has 9 nitrogen and oxygen atoms in total. The quantitative estimate of drug-likeness (QED) is 0.458. The Hall–Kier alpha value is -2.88. The summed E-state index contributed by atoms with van der Waals surface area (Å²) >= 11 is 0. The Morgan fingerprint density at radius 3 is 3.00 bits per heavy atom. The number of ether oxygens (including phenoxy) is 1. The van der Waals surface area contributed by atoms with Crippen molar-refractivity contribution in [3.63, 3.8) is 0 Å². The maximum atomic E-state index is 14.5. The fourth-order valence-corrected chi connectivity index (χ4v) is 2.66. The summed E-state index contributed by atoms with van der Waals surface area (Å²) in [6.07, 6.45) is 0.349. The number of anilines is 2. The first kappa shape index (κ1) is 17.0. The Morgan fingerprint density at radius 1 is 1.56 bits per heavy atom. The van der Waals surface area contributed by atoms with Gasteiger partial charge in [-0.3, -0.25) is 14.7 Å². The molecule has 2 aliphatic rings. The minimum absolute atomic E-state index is 0.0788. The summed E-state index contributed by atoms with van der Waals surface area (Å²) in [7, 11) is 0. The number of nitrogens with one attached hydrogen (secondary N) is 1. The van der Waals surface area contributed by atoms with Crippen molar-refractivity contribution >= 4 is 29.7 Å². The van der Waals surface area contributed by atoms with E-state index in [-0.39, 0.29) is 19.0 Å². The molecule has 134 valence electrons. The van der Waals surface area contributed by atoms with Crippen molar-refractivity contribution in [1.82, 2.24) is 10.4 Å². The van der Waals surface area contributed by atoms with Gasteiger partial charge in [0, 0.05) is 13.5 Å². The number of hydrogen-bond acceptors (Lipinski definition) is 7. The highest BCUT2D eigenvalue weighted by molar-refractivity contribution is 5.90. The number of hydrogen-bond donors (Lipinski definition) is 2. The van der Waals surface area contributed by atoms with Crippen LogP contribution in [-0.2, 0) is 9.53 Å². The Balaban J connectivity index is 1.72. The zero-order valence-corrected chi connectivity index (χ0v) is 13.7. The standard InChI is InChI=1S/C15H19FN6O3/c1-10(23)22(17)8-12-7-21(15(24)25-12)11-2-3-14(13(16)6-11)20-5-4-18-19-9-20/h2-3,6,9,12,18H,4-5,7-8,17H2,1H3/t12-/m1/s1. The van der Waals surface area contributed by atoms with Gasteiger partial charge < -0.3 is 15.1 Å². The zero-order chi connectivity index (χ0) is 18.0. The molecule has 2 aliphatic heterocycles. The minimum atomic E-state index is -0.599. The molecule has 1 fully saturated rings.